The third-order valence-electron chi connectivity index (χ3n) is 1.35. The van der Waals surface area contributed by atoms with Crippen LogP contribution >= 0.6 is 0 Å². The highest BCUT2D eigenvalue weighted by Crippen LogP contribution is 2.05. The third kappa shape index (κ3) is 11.9. The van der Waals surface area contributed by atoms with E-state index in [0.29, 0.717) is 12.1 Å². The molecule has 1 heterocycles. The second kappa shape index (κ2) is 11.0. The Morgan fingerprint density at radius 2 is 1.50 bits per heavy atom. The first-order valence-corrected chi connectivity index (χ1v) is 5.89. The van der Waals surface area contributed by atoms with Crippen LogP contribution in [0.5, 0.6) is 0 Å². The number of nitrogens with one attached hydrogen (secondary N) is 1. The van der Waals surface area contributed by atoms with Crippen LogP contribution in [0.1, 0.15) is 48.5 Å². The average molecular weight is 203 g/mol. The van der Waals surface area contributed by atoms with Gasteiger partial charge in [-0.05, 0) is 11.8 Å². The molecule has 1 saturated heterocycles. The van der Waals surface area contributed by atoms with Crippen molar-refractivity contribution < 1.29 is 4.74 Å². The number of rotatable bonds is 1. The summed E-state index contributed by atoms with van der Waals surface area (Å²) in [6.45, 7) is 16.7. The Labute approximate surface area is 90.4 Å². The van der Waals surface area contributed by atoms with Gasteiger partial charge >= 0.3 is 0 Å². The minimum atomic E-state index is 0.315. The van der Waals surface area contributed by atoms with Crippen LogP contribution in [0.2, 0.25) is 0 Å². The highest BCUT2D eigenvalue weighted by Gasteiger charge is 2.16. The lowest BCUT2D eigenvalue weighted by atomic mass is 10.2. The second-order valence-corrected chi connectivity index (χ2v) is 4.22. The minimum absolute atomic E-state index is 0.315. The van der Waals surface area contributed by atoms with Crippen LogP contribution in [0, 0.1) is 11.8 Å². The highest BCUT2D eigenvalue weighted by atomic mass is 16.5. The van der Waals surface area contributed by atoms with E-state index in [2.05, 4.69) is 39.9 Å². The summed E-state index contributed by atoms with van der Waals surface area (Å²) in [5, 5.41) is 3.23. The lowest BCUT2D eigenvalue weighted by molar-refractivity contribution is 0.0650. The van der Waals surface area contributed by atoms with Crippen molar-refractivity contribution in [2.24, 2.45) is 11.8 Å². The number of ether oxygens (including phenoxy) is 1. The molecule has 0 aromatic heterocycles. The summed E-state index contributed by atoms with van der Waals surface area (Å²) >= 11 is 0. The average Bonchev–Trinajstić information content (AvgIpc) is 2.58. The first-order valence-electron chi connectivity index (χ1n) is 5.89. The SMILES string of the molecule is CC.CC(C)C.CC(C)C1NCCO1. The lowest BCUT2D eigenvalue weighted by Gasteiger charge is -2.12. The fourth-order valence-electron chi connectivity index (χ4n) is 0.874. The van der Waals surface area contributed by atoms with Crippen LogP contribution in [-0.4, -0.2) is 19.4 Å². The van der Waals surface area contributed by atoms with Gasteiger partial charge in [-0.2, -0.15) is 0 Å². The van der Waals surface area contributed by atoms with Crippen molar-refractivity contribution in [3.63, 3.8) is 0 Å². The van der Waals surface area contributed by atoms with Crippen molar-refractivity contribution in [3.05, 3.63) is 0 Å². The molecular weight excluding hydrogens is 174 g/mol. The normalized spacial score (nSPS) is 19.9. The van der Waals surface area contributed by atoms with Crippen molar-refractivity contribution >= 4 is 0 Å². The van der Waals surface area contributed by atoms with E-state index >= 15 is 0 Å². The van der Waals surface area contributed by atoms with Crippen LogP contribution in [0.15, 0.2) is 0 Å². The van der Waals surface area contributed by atoms with Crippen LogP contribution < -0.4 is 5.32 Å². The molecule has 1 fully saturated rings. The standard InChI is InChI=1S/C6H13NO.C4H10.C2H6/c1-5(2)6-7-3-4-8-6;1-4(2)3;1-2/h5-7H,3-4H2,1-2H3;4H,1-3H3;1-2H3. The van der Waals surface area contributed by atoms with Crippen molar-refractivity contribution in [2.45, 2.75) is 54.7 Å². The molecule has 0 saturated carbocycles. The Hall–Kier alpha value is -0.0800. The van der Waals surface area contributed by atoms with E-state index in [0.717, 1.165) is 19.1 Å². The van der Waals surface area contributed by atoms with Gasteiger partial charge in [0.05, 0.1) is 6.61 Å². The van der Waals surface area contributed by atoms with Crippen molar-refractivity contribution in [2.75, 3.05) is 13.2 Å². The molecule has 0 aromatic rings. The number of hydrogen-bond acceptors (Lipinski definition) is 2. The first kappa shape index (κ1) is 16.4. The van der Waals surface area contributed by atoms with Gasteiger partial charge in [0.25, 0.3) is 0 Å². The summed E-state index contributed by atoms with van der Waals surface area (Å²) in [5.41, 5.74) is 0. The molecule has 1 rings (SSSR count). The van der Waals surface area contributed by atoms with E-state index < -0.39 is 0 Å². The molecule has 0 bridgehead atoms. The maximum absolute atomic E-state index is 5.30. The summed E-state index contributed by atoms with van der Waals surface area (Å²) in [4.78, 5) is 0. The molecule has 0 spiro atoms. The fourth-order valence-corrected chi connectivity index (χ4v) is 0.874. The maximum atomic E-state index is 5.30. The van der Waals surface area contributed by atoms with Gasteiger partial charge in [-0.1, -0.05) is 48.5 Å². The summed E-state index contributed by atoms with van der Waals surface area (Å²) in [6.07, 6.45) is 0.315. The van der Waals surface area contributed by atoms with E-state index in [-0.39, 0.29) is 0 Å². The molecule has 2 nitrogen and oxygen atoms in total. The quantitative estimate of drug-likeness (QED) is 0.706. The summed E-state index contributed by atoms with van der Waals surface area (Å²) in [5.74, 6) is 1.44. The monoisotopic (exact) mass is 203 g/mol. The molecular formula is C12H29NO. The third-order valence-corrected chi connectivity index (χ3v) is 1.35. The molecule has 1 unspecified atom stereocenters. The molecule has 1 atom stereocenters. The molecule has 0 aliphatic carbocycles. The van der Waals surface area contributed by atoms with Gasteiger partial charge in [0, 0.05) is 6.54 Å². The zero-order valence-corrected chi connectivity index (χ0v) is 11.1. The van der Waals surface area contributed by atoms with Crippen molar-refractivity contribution in [3.8, 4) is 0 Å². The predicted octanol–water partition coefficient (Wildman–Crippen LogP) is 3.28. The molecule has 1 N–H and O–H groups in total. The van der Waals surface area contributed by atoms with E-state index in [4.69, 9.17) is 4.74 Å². The van der Waals surface area contributed by atoms with Gasteiger partial charge in [-0.15, -0.1) is 0 Å². The van der Waals surface area contributed by atoms with E-state index in [1.165, 1.54) is 0 Å². The topological polar surface area (TPSA) is 21.3 Å². The van der Waals surface area contributed by atoms with E-state index in [1.807, 2.05) is 13.8 Å². The molecule has 1 aliphatic rings. The Morgan fingerprint density at radius 1 is 1.07 bits per heavy atom. The van der Waals surface area contributed by atoms with Gasteiger partial charge in [-0.3, -0.25) is 5.32 Å². The van der Waals surface area contributed by atoms with Crippen LogP contribution in [-0.2, 0) is 4.74 Å². The van der Waals surface area contributed by atoms with E-state index in [1.54, 1.807) is 0 Å². The van der Waals surface area contributed by atoms with Crippen molar-refractivity contribution in [1.82, 2.24) is 5.32 Å². The second-order valence-electron chi connectivity index (χ2n) is 4.22. The fraction of sp³-hybridized carbons (Fsp3) is 1.00. The van der Waals surface area contributed by atoms with Crippen LogP contribution in [0.25, 0.3) is 0 Å². The molecule has 14 heavy (non-hydrogen) atoms. The molecule has 88 valence electrons. The minimum Gasteiger partial charge on any atom is -0.362 e. The zero-order valence-electron chi connectivity index (χ0n) is 11.1. The van der Waals surface area contributed by atoms with E-state index in [9.17, 15) is 0 Å². The predicted molar refractivity (Wildman–Crippen MR) is 64.4 cm³/mol. The van der Waals surface area contributed by atoms with Gasteiger partial charge < -0.3 is 4.74 Å². The number of hydrogen-bond donors (Lipinski definition) is 1. The molecule has 0 aromatic carbocycles. The molecule has 1 aliphatic heterocycles. The van der Waals surface area contributed by atoms with Gasteiger partial charge in [0.1, 0.15) is 6.23 Å². The molecule has 0 amide bonds. The Kier molecular flexibility index (Phi) is 12.8. The van der Waals surface area contributed by atoms with Gasteiger partial charge in [-0.25, -0.2) is 0 Å². The van der Waals surface area contributed by atoms with Gasteiger partial charge in [0.15, 0.2) is 0 Å². The van der Waals surface area contributed by atoms with Gasteiger partial charge in [0.2, 0.25) is 0 Å². The maximum Gasteiger partial charge on any atom is 0.110 e. The van der Waals surface area contributed by atoms with Crippen LogP contribution in [0.4, 0.5) is 0 Å². The zero-order chi connectivity index (χ0) is 11.6. The molecule has 2 heteroatoms. The summed E-state index contributed by atoms with van der Waals surface area (Å²) < 4.78 is 5.30. The Morgan fingerprint density at radius 3 is 1.64 bits per heavy atom. The van der Waals surface area contributed by atoms with Crippen molar-refractivity contribution in [1.29, 1.82) is 0 Å². The summed E-state index contributed by atoms with van der Waals surface area (Å²) in [7, 11) is 0. The Balaban J connectivity index is 0. The van der Waals surface area contributed by atoms with Crippen LogP contribution in [0.3, 0.4) is 0 Å². The highest BCUT2D eigenvalue weighted by molar-refractivity contribution is 4.65. The largest absolute Gasteiger partial charge is 0.362 e. The summed E-state index contributed by atoms with van der Waals surface area (Å²) in [6, 6.07) is 0. The smallest absolute Gasteiger partial charge is 0.110 e. The Bertz CT molecular complexity index is 93.7. The molecule has 0 radical (unpaired) electrons. The lowest BCUT2D eigenvalue weighted by Crippen LogP contribution is -2.27. The first-order chi connectivity index (χ1) is 6.54.